The van der Waals surface area contributed by atoms with Crippen molar-refractivity contribution in [3.8, 4) is 5.75 Å². The molecule has 1 saturated heterocycles. The quantitative estimate of drug-likeness (QED) is 0.454. The van der Waals surface area contributed by atoms with Crippen molar-refractivity contribution < 1.29 is 32.6 Å². The number of carbonyl (C=O) groups is 2. The van der Waals surface area contributed by atoms with Crippen LogP contribution in [0.1, 0.15) is 35.0 Å². The lowest BCUT2D eigenvalue weighted by atomic mass is 9.86. The standard InChI is InChI=1S/C24H27N3O2.C2HF3O2/c1-17(28)18-7-8-22-21(15-18)20-9-11-25-24(23(20)26-22)10-12-27(16-24)13-14-29-19-5-3-2-4-6-19;3-2(4,5)1(6)7/h2-8,15,25-26H,9-14,16H2,1H3;(H,6,7). The Bertz CT molecular complexity index is 1240. The van der Waals surface area contributed by atoms with Gasteiger partial charge in [0.05, 0.1) is 5.54 Å². The highest BCUT2D eigenvalue weighted by atomic mass is 19.4. The van der Waals surface area contributed by atoms with E-state index in [2.05, 4.69) is 27.3 Å². The van der Waals surface area contributed by atoms with E-state index in [1.165, 1.54) is 16.6 Å². The van der Waals surface area contributed by atoms with Crippen LogP contribution in [0.25, 0.3) is 10.9 Å². The summed E-state index contributed by atoms with van der Waals surface area (Å²) in [5.74, 6) is -1.71. The van der Waals surface area contributed by atoms with Crippen molar-refractivity contribution in [2.45, 2.75) is 31.5 Å². The molecule has 1 unspecified atom stereocenters. The van der Waals surface area contributed by atoms with Crippen molar-refractivity contribution in [1.29, 1.82) is 0 Å². The predicted molar refractivity (Wildman–Crippen MR) is 128 cm³/mol. The number of benzene rings is 2. The summed E-state index contributed by atoms with van der Waals surface area (Å²) in [7, 11) is 0. The SMILES string of the molecule is CC(=O)c1ccc2[nH]c3c(c2c1)CCNC31CCN(CCOc2ccccc2)C1.O=C(O)C(F)(F)F. The van der Waals surface area contributed by atoms with Crippen molar-refractivity contribution in [3.63, 3.8) is 0 Å². The number of hydrogen-bond donors (Lipinski definition) is 3. The number of rotatable bonds is 5. The number of nitrogens with one attached hydrogen (secondary N) is 2. The topological polar surface area (TPSA) is 94.7 Å². The number of aromatic amines is 1. The Balaban J connectivity index is 0.000000384. The van der Waals surface area contributed by atoms with Gasteiger partial charge in [-0.1, -0.05) is 18.2 Å². The molecule has 3 N–H and O–H groups in total. The number of H-pyrrole nitrogens is 1. The fraction of sp³-hybridized carbons (Fsp3) is 0.385. The monoisotopic (exact) mass is 503 g/mol. The van der Waals surface area contributed by atoms with E-state index in [4.69, 9.17) is 14.6 Å². The Morgan fingerprint density at radius 1 is 1.17 bits per heavy atom. The molecule has 7 nitrogen and oxygen atoms in total. The summed E-state index contributed by atoms with van der Waals surface area (Å²) >= 11 is 0. The molecule has 192 valence electrons. The fourth-order valence-electron chi connectivity index (χ4n) is 4.89. The first-order chi connectivity index (χ1) is 17.1. The lowest BCUT2D eigenvalue weighted by molar-refractivity contribution is -0.192. The number of alkyl halides is 3. The number of carboxylic acid groups (broad SMARTS) is 1. The van der Waals surface area contributed by atoms with Gasteiger partial charge in [-0.3, -0.25) is 9.69 Å². The van der Waals surface area contributed by atoms with E-state index >= 15 is 0 Å². The summed E-state index contributed by atoms with van der Waals surface area (Å²) in [4.78, 5) is 26.9. The van der Waals surface area contributed by atoms with Crippen LogP contribution < -0.4 is 10.1 Å². The molecule has 0 aliphatic carbocycles. The van der Waals surface area contributed by atoms with Crippen molar-refractivity contribution in [1.82, 2.24) is 15.2 Å². The average Bonchev–Trinajstić information content (AvgIpc) is 3.42. The molecule has 1 fully saturated rings. The highest BCUT2D eigenvalue weighted by Gasteiger charge is 2.44. The van der Waals surface area contributed by atoms with Gasteiger partial charge in [0.1, 0.15) is 12.4 Å². The van der Waals surface area contributed by atoms with Crippen molar-refractivity contribution in [2.75, 3.05) is 32.8 Å². The van der Waals surface area contributed by atoms with E-state index in [0.717, 1.165) is 55.9 Å². The molecule has 3 heterocycles. The molecule has 3 aromatic rings. The van der Waals surface area contributed by atoms with E-state index in [1.54, 1.807) is 6.92 Å². The minimum atomic E-state index is -5.08. The van der Waals surface area contributed by atoms with E-state index in [-0.39, 0.29) is 11.3 Å². The number of nitrogens with zero attached hydrogens (tertiary/aromatic N) is 1. The van der Waals surface area contributed by atoms with E-state index in [0.29, 0.717) is 6.61 Å². The van der Waals surface area contributed by atoms with Crippen LogP contribution in [0.4, 0.5) is 13.2 Å². The molecule has 1 spiro atoms. The number of carboxylic acids is 1. The molecule has 0 amide bonds. The summed E-state index contributed by atoms with van der Waals surface area (Å²) in [6, 6.07) is 16.0. The van der Waals surface area contributed by atoms with Crippen LogP contribution in [0.5, 0.6) is 5.75 Å². The second-order valence-electron chi connectivity index (χ2n) is 9.04. The zero-order chi connectivity index (χ0) is 25.9. The van der Waals surface area contributed by atoms with Crippen LogP contribution in [-0.2, 0) is 16.8 Å². The molecule has 2 aromatic carbocycles. The normalized spacial score (nSPS) is 19.6. The van der Waals surface area contributed by atoms with E-state index < -0.39 is 12.1 Å². The average molecular weight is 504 g/mol. The van der Waals surface area contributed by atoms with Gasteiger partial charge in [-0.15, -0.1) is 0 Å². The Kier molecular flexibility index (Phi) is 7.37. The first-order valence-electron chi connectivity index (χ1n) is 11.7. The lowest BCUT2D eigenvalue weighted by Crippen LogP contribution is -2.49. The number of halogens is 3. The number of aromatic nitrogens is 1. The number of ketones is 1. The van der Waals surface area contributed by atoms with Crippen LogP contribution in [0.3, 0.4) is 0 Å². The van der Waals surface area contributed by atoms with E-state index in [9.17, 15) is 18.0 Å². The molecule has 0 radical (unpaired) electrons. The molecular formula is C26H28F3N3O4. The van der Waals surface area contributed by atoms with Crippen LogP contribution in [0.15, 0.2) is 48.5 Å². The van der Waals surface area contributed by atoms with Crippen LogP contribution in [0.2, 0.25) is 0 Å². The first-order valence-corrected chi connectivity index (χ1v) is 11.7. The summed E-state index contributed by atoms with van der Waals surface area (Å²) < 4.78 is 37.6. The largest absolute Gasteiger partial charge is 0.492 e. The Hall–Kier alpha value is -3.37. The zero-order valence-corrected chi connectivity index (χ0v) is 19.8. The Labute approximate surface area is 206 Å². The molecule has 5 rings (SSSR count). The van der Waals surface area contributed by atoms with Gasteiger partial charge in [-0.25, -0.2) is 4.79 Å². The second kappa shape index (κ2) is 10.3. The number of fused-ring (bicyclic) bond motifs is 4. The molecule has 0 saturated carbocycles. The van der Waals surface area contributed by atoms with Gasteiger partial charge in [0, 0.05) is 48.3 Å². The summed E-state index contributed by atoms with van der Waals surface area (Å²) in [6.45, 7) is 6.25. The number of aliphatic carboxylic acids is 1. The van der Waals surface area contributed by atoms with Crippen molar-refractivity contribution in [3.05, 3.63) is 65.4 Å². The van der Waals surface area contributed by atoms with Gasteiger partial charge in [-0.05, 0) is 55.7 Å². The maximum atomic E-state index is 11.8. The molecule has 2 aliphatic rings. The van der Waals surface area contributed by atoms with Gasteiger partial charge in [0.15, 0.2) is 5.78 Å². The maximum Gasteiger partial charge on any atom is 0.490 e. The number of likely N-dealkylation sites (tertiary alicyclic amines) is 1. The molecule has 0 bridgehead atoms. The zero-order valence-electron chi connectivity index (χ0n) is 19.8. The number of ether oxygens (including phenoxy) is 1. The maximum absolute atomic E-state index is 11.8. The van der Waals surface area contributed by atoms with Crippen LogP contribution in [0, 0.1) is 0 Å². The Morgan fingerprint density at radius 3 is 2.56 bits per heavy atom. The minimum Gasteiger partial charge on any atom is -0.492 e. The smallest absolute Gasteiger partial charge is 0.490 e. The van der Waals surface area contributed by atoms with Gasteiger partial charge in [0.2, 0.25) is 0 Å². The third kappa shape index (κ3) is 5.55. The predicted octanol–water partition coefficient (Wildman–Crippen LogP) is 4.13. The third-order valence-electron chi connectivity index (χ3n) is 6.64. The van der Waals surface area contributed by atoms with Gasteiger partial charge in [-0.2, -0.15) is 13.2 Å². The highest BCUT2D eigenvalue weighted by Crippen LogP contribution is 2.39. The molecule has 10 heteroatoms. The van der Waals surface area contributed by atoms with Gasteiger partial charge >= 0.3 is 12.1 Å². The molecule has 1 aromatic heterocycles. The Morgan fingerprint density at radius 2 is 1.89 bits per heavy atom. The second-order valence-corrected chi connectivity index (χ2v) is 9.04. The third-order valence-corrected chi connectivity index (χ3v) is 6.64. The summed E-state index contributed by atoms with van der Waals surface area (Å²) in [5, 5.41) is 12.1. The first kappa shape index (κ1) is 25.7. The highest BCUT2D eigenvalue weighted by molar-refractivity contribution is 5.99. The number of carbonyl (C=O) groups excluding carboxylic acids is 1. The fourth-order valence-corrected chi connectivity index (χ4v) is 4.89. The van der Waals surface area contributed by atoms with Crippen molar-refractivity contribution in [2.24, 2.45) is 0 Å². The van der Waals surface area contributed by atoms with Crippen LogP contribution in [-0.4, -0.2) is 65.7 Å². The van der Waals surface area contributed by atoms with Crippen LogP contribution >= 0.6 is 0 Å². The molecule has 2 aliphatic heterocycles. The molecular weight excluding hydrogens is 475 g/mol. The summed E-state index contributed by atoms with van der Waals surface area (Å²) in [5.41, 5.74) is 4.58. The number of hydrogen-bond acceptors (Lipinski definition) is 5. The van der Waals surface area contributed by atoms with Gasteiger partial charge < -0.3 is 20.1 Å². The van der Waals surface area contributed by atoms with E-state index in [1.807, 2.05) is 36.4 Å². The lowest BCUT2D eigenvalue weighted by Gasteiger charge is -2.35. The summed E-state index contributed by atoms with van der Waals surface area (Å²) in [6.07, 6.45) is -3.01. The van der Waals surface area contributed by atoms with Crippen molar-refractivity contribution >= 4 is 22.7 Å². The molecule has 1 atom stereocenters. The minimum absolute atomic E-state index is 0.0320. The molecule has 36 heavy (non-hydrogen) atoms. The number of Topliss-reactive ketones (excluding diaryl/α,β-unsaturated/α-hetero) is 1. The van der Waals surface area contributed by atoms with Gasteiger partial charge in [0.25, 0.3) is 0 Å². The number of para-hydroxylation sites is 1.